The predicted octanol–water partition coefficient (Wildman–Crippen LogP) is 7.07. The predicted molar refractivity (Wildman–Crippen MR) is 163 cm³/mol. The first-order chi connectivity index (χ1) is 21.1. The van der Waals surface area contributed by atoms with Crippen molar-refractivity contribution in [1.82, 2.24) is 9.80 Å². The van der Waals surface area contributed by atoms with Crippen LogP contribution in [-0.4, -0.2) is 58.8 Å². The third-order valence-electron chi connectivity index (χ3n) is 8.43. The molecule has 0 bridgehead atoms. The Kier molecular flexibility index (Phi) is 9.13. The maximum absolute atomic E-state index is 13.5. The number of carbonyl (C=O) groups excluding carboxylic acids is 3. The molecule has 6 nitrogen and oxygen atoms in total. The summed E-state index contributed by atoms with van der Waals surface area (Å²) in [6.45, 7) is 4.94. The molecule has 3 aromatic carbocycles. The molecule has 0 radical (unpaired) electrons. The molecule has 0 N–H and O–H groups in total. The highest BCUT2D eigenvalue weighted by atomic mass is 19.4. The van der Waals surface area contributed by atoms with Gasteiger partial charge in [-0.05, 0) is 62.1 Å². The lowest BCUT2D eigenvalue weighted by Gasteiger charge is -2.32. The van der Waals surface area contributed by atoms with Gasteiger partial charge in [-0.2, -0.15) is 13.2 Å². The molecule has 1 atom stereocenters. The molecule has 0 spiro atoms. The molecule has 44 heavy (non-hydrogen) atoms. The Morgan fingerprint density at radius 1 is 0.932 bits per heavy atom. The molecule has 2 amide bonds. The molecule has 228 valence electrons. The molecule has 1 fully saturated rings. The molecule has 1 saturated heterocycles. The van der Waals surface area contributed by atoms with Crippen LogP contribution < -0.4 is 0 Å². The number of rotatable bonds is 8. The number of hydrogen-bond acceptors (Lipinski definition) is 4. The number of likely N-dealkylation sites (N-methyl/N-ethyl adjacent to an activating group) is 1. The van der Waals surface area contributed by atoms with Crippen molar-refractivity contribution in [3.05, 3.63) is 107 Å². The minimum atomic E-state index is -4.43. The van der Waals surface area contributed by atoms with E-state index in [2.05, 4.69) is 0 Å². The van der Waals surface area contributed by atoms with Crippen LogP contribution in [0, 0.1) is 5.92 Å². The van der Waals surface area contributed by atoms with E-state index in [1.165, 1.54) is 12.1 Å². The number of ketones is 1. The molecule has 1 unspecified atom stereocenters. The van der Waals surface area contributed by atoms with E-state index < -0.39 is 17.8 Å². The summed E-state index contributed by atoms with van der Waals surface area (Å²) in [5.74, 6) is -0.450. The number of nitrogens with zero attached hydrogens (tertiary/aromatic N) is 3. The van der Waals surface area contributed by atoms with Crippen molar-refractivity contribution in [1.29, 1.82) is 0 Å². The highest BCUT2D eigenvalue weighted by Gasteiger charge is 2.33. The summed E-state index contributed by atoms with van der Waals surface area (Å²) in [6.07, 6.45) is -0.696. The van der Waals surface area contributed by atoms with Crippen LogP contribution in [0.1, 0.15) is 59.4 Å². The first-order valence-electron chi connectivity index (χ1n) is 14.8. The van der Waals surface area contributed by atoms with E-state index in [0.29, 0.717) is 66.8 Å². The second-order valence-corrected chi connectivity index (χ2v) is 11.1. The van der Waals surface area contributed by atoms with Crippen LogP contribution in [0.15, 0.2) is 95.6 Å². The van der Waals surface area contributed by atoms with Gasteiger partial charge in [-0.1, -0.05) is 60.7 Å². The number of carbonyl (C=O) groups is 3. The van der Waals surface area contributed by atoms with Crippen molar-refractivity contribution in [3.8, 4) is 11.1 Å². The minimum Gasteiger partial charge on any atom is -0.339 e. The molecule has 9 heteroatoms. The van der Waals surface area contributed by atoms with Crippen LogP contribution >= 0.6 is 0 Å². The molecule has 2 aliphatic heterocycles. The maximum atomic E-state index is 13.5. The van der Waals surface area contributed by atoms with Crippen LogP contribution in [0.25, 0.3) is 11.1 Å². The Morgan fingerprint density at radius 2 is 1.57 bits per heavy atom. The van der Waals surface area contributed by atoms with E-state index in [1.54, 1.807) is 65.3 Å². The van der Waals surface area contributed by atoms with Gasteiger partial charge in [0.25, 0.3) is 11.8 Å². The monoisotopic (exact) mass is 601 g/mol. The molecular formula is C35H34F3N3O3. The molecule has 0 saturated carbocycles. The van der Waals surface area contributed by atoms with E-state index in [1.807, 2.05) is 19.1 Å². The average Bonchev–Trinajstić information content (AvgIpc) is 3.55. The summed E-state index contributed by atoms with van der Waals surface area (Å²) in [6, 6.07) is 20.1. The van der Waals surface area contributed by atoms with Gasteiger partial charge < -0.3 is 9.80 Å². The van der Waals surface area contributed by atoms with Crippen molar-refractivity contribution in [2.45, 2.75) is 45.3 Å². The maximum Gasteiger partial charge on any atom is 0.416 e. The molecule has 2 heterocycles. The quantitative estimate of drug-likeness (QED) is 0.259. The Bertz CT molecular complexity index is 1590. The number of Topliss-reactive ketones (excluding diaryl/α,β-unsaturated/α-hetero) is 1. The molecule has 3 aromatic rings. The Balaban J connectivity index is 1.22. The molecule has 0 aromatic heterocycles. The number of aliphatic imine (C=N–C) groups is 1. The van der Waals surface area contributed by atoms with Crippen LogP contribution in [0.3, 0.4) is 0 Å². The van der Waals surface area contributed by atoms with Gasteiger partial charge in [-0.15, -0.1) is 0 Å². The van der Waals surface area contributed by atoms with Gasteiger partial charge in [0.15, 0.2) is 5.78 Å². The number of piperidine rings is 1. The summed E-state index contributed by atoms with van der Waals surface area (Å²) >= 11 is 0. The number of halogens is 3. The van der Waals surface area contributed by atoms with Crippen molar-refractivity contribution < 1.29 is 27.6 Å². The highest BCUT2D eigenvalue weighted by molar-refractivity contribution is 6.06. The summed E-state index contributed by atoms with van der Waals surface area (Å²) in [4.78, 5) is 47.9. The Hall–Kier alpha value is -4.53. The van der Waals surface area contributed by atoms with Crippen molar-refractivity contribution in [2.24, 2.45) is 10.9 Å². The second-order valence-electron chi connectivity index (χ2n) is 11.1. The fourth-order valence-electron chi connectivity index (χ4n) is 5.91. The first-order valence-corrected chi connectivity index (χ1v) is 14.8. The summed E-state index contributed by atoms with van der Waals surface area (Å²) in [7, 11) is 0. The highest BCUT2D eigenvalue weighted by Crippen LogP contribution is 2.33. The van der Waals surface area contributed by atoms with E-state index in [-0.39, 0.29) is 23.5 Å². The third-order valence-corrected chi connectivity index (χ3v) is 8.43. The van der Waals surface area contributed by atoms with Gasteiger partial charge in [0.05, 0.1) is 11.6 Å². The van der Waals surface area contributed by atoms with Crippen LogP contribution in [-0.2, 0) is 11.0 Å². The summed E-state index contributed by atoms with van der Waals surface area (Å²) in [5, 5.41) is 0. The number of allylic oxidation sites excluding steroid dienone is 1. The van der Waals surface area contributed by atoms with Crippen molar-refractivity contribution in [2.75, 3.05) is 19.6 Å². The van der Waals surface area contributed by atoms with Gasteiger partial charge in [0.2, 0.25) is 0 Å². The van der Waals surface area contributed by atoms with Crippen LogP contribution in [0.4, 0.5) is 13.2 Å². The van der Waals surface area contributed by atoms with Gasteiger partial charge in [0, 0.05) is 48.8 Å². The zero-order valence-corrected chi connectivity index (χ0v) is 24.7. The minimum absolute atomic E-state index is 0.115. The number of benzene rings is 3. The van der Waals surface area contributed by atoms with Gasteiger partial charge in [-0.25, -0.2) is 0 Å². The lowest BCUT2D eigenvalue weighted by Crippen LogP contribution is -2.43. The fraction of sp³-hybridized carbons (Fsp3) is 0.314. The van der Waals surface area contributed by atoms with Crippen molar-refractivity contribution in [3.63, 3.8) is 0 Å². The largest absolute Gasteiger partial charge is 0.416 e. The standard InChI is InChI=1S/C35H34F3N3O3/c1-3-41(23(2)32(42)26-9-5-4-6-10-26)34(44)31-18-17-30(39-31)25-19-21-40(22-20-25)33(43)29-12-8-7-11-28(29)24-13-15-27(16-14-24)35(36,37)38/h4-16,18,23,25H,3,17,19-22H2,1-2H3. The van der Waals surface area contributed by atoms with Gasteiger partial charge in [-0.3, -0.25) is 19.4 Å². The van der Waals surface area contributed by atoms with Gasteiger partial charge >= 0.3 is 6.18 Å². The molecule has 5 rings (SSSR count). The number of amides is 2. The van der Waals surface area contributed by atoms with E-state index in [4.69, 9.17) is 4.99 Å². The number of likely N-dealkylation sites (tertiary alicyclic amines) is 1. The summed E-state index contributed by atoms with van der Waals surface area (Å²) in [5.41, 5.74) is 2.64. The molecular weight excluding hydrogens is 567 g/mol. The number of alkyl halides is 3. The lowest BCUT2D eigenvalue weighted by molar-refractivity contribution is -0.137. The zero-order chi connectivity index (χ0) is 31.4. The Morgan fingerprint density at radius 3 is 2.20 bits per heavy atom. The van der Waals surface area contributed by atoms with E-state index >= 15 is 0 Å². The zero-order valence-electron chi connectivity index (χ0n) is 24.7. The first kappa shape index (κ1) is 30.9. The summed E-state index contributed by atoms with van der Waals surface area (Å²) < 4.78 is 39.1. The second kappa shape index (κ2) is 13.0. The molecule has 0 aliphatic carbocycles. The SMILES string of the molecule is CCN(C(=O)C1=CCC(C2CCN(C(=O)c3ccccc3-c3ccc(C(F)(F)F)cc3)CC2)=N1)C(C)C(=O)c1ccccc1. The molecule has 2 aliphatic rings. The Labute approximate surface area is 254 Å². The van der Waals surface area contributed by atoms with Gasteiger partial charge in [0.1, 0.15) is 5.70 Å². The van der Waals surface area contributed by atoms with E-state index in [0.717, 1.165) is 17.8 Å². The lowest BCUT2D eigenvalue weighted by atomic mass is 9.90. The number of hydrogen-bond donors (Lipinski definition) is 0. The smallest absolute Gasteiger partial charge is 0.339 e. The van der Waals surface area contributed by atoms with Crippen molar-refractivity contribution >= 4 is 23.3 Å². The fourth-order valence-corrected chi connectivity index (χ4v) is 5.91. The third kappa shape index (κ3) is 6.51. The topological polar surface area (TPSA) is 70.1 Å². The van der Waals surface area contributed by atoms with E-state index in [9.17, 15) is 27.6 Å². The van der Waals surface area contributed by atoms with Crippen LogP contribution in [0.2, 0.25) is 0 Å². The normalized spacial score (nSPS) is 16.2. The average molecular weight is 602 g/mol. The van der Waals surface area contributed by atoms with Crippen LogP contribution in [0.5, 0.6) is 0 Å².